The quantitative estimate of drug-likeness (QED) is 0.124. The fraction of sp³-hybridized carbons (Fsp3) is 0.143. The molecule has 0 saturated carbocycles. The first-order valence-electron chi connectivity index (χ1n) is 9.60. The van der Waals surface area contributed by atoms with E-state index in [2.05, 4.69) is 4.18 Å². The van der Waals surface area contributed by atoms with Crippen molar-refractivity contribution >= 4 is 50.9 Å². The first kappa shape index (κ1) is 26.2. The molecule has 0 radical (unpaired) electrons. The Kier molecular flexibility index (Phi) is 6.06. The Morgan fingerprint density at radius 3 is 1.86 bits per heavy atom. The van der Waals surface area contributed by atoms with Gasteiger partial charge in [0.1, 0.15) is 5.75 Å². The Labute approximate surface area is 202 Å². The van der Waals surface area contributed by atoms with Crippen LogP contribution in [0.15, 0.2) is 72.8 Å². The highest BCUT2D eigenvalue weighted by Crippen LogP contribution is 2.52. The largest absolute Gasteiger partial charge is 0.450 e. The van der Waals surface area contributed by atoms with Gasteiger partial charge in [0.05, 0.1) is 0 Å². The van der Waals surface area contributed by atoms with Gasteiger partial charge in [0.2, 0.25) is 0 Å². The van der Waals surface area contributed by atoms with Crippen LogP contribution in [0.2, 0.25) is 0 Å². The van der Waals surface area contributed by atoms with Crippen molar-refractivity contribution in [3.05, 3.63) is 72.8 Å². The molecule has 0 aliphatic rings. The van der Waals surface area contributed by atoms with E-state index >= 15 is 0 Å². The van der Waals surface area contributed by atoms with Crippen molar-refractivity contribution in [2.75, 3.05) is 0 Å². The van der Waals surface area contributed by atoms with Crippen LogP contribution in [-0.2, 0) is 20.2 Å². The third-order valence-electron chi connectivity index (χ3n) is 5.12. The Hall–Kier alpha value is -2.88. The summed E-state index contributed by atoms with van der Waals surface area (Å²) >= 11 is 0. The fourth-order valence-corrected chi connectivity index (χ4v) is 7.25. The van der Waals surface area contributed by atoms with Crippen LogP contribution in [0.5, 0.6) is 5.75 Å². The highest BCUT2D eigenvalue weighted by molar-refractivity contribution is 7.88. The van der Waals surface area contributed by atoms with Gasteiger partial charge in [0.25, 0.3) is 0 Å². The van der Waals surface area contributed by atoms with E-state index in [9.17, 15) is 43.2 Å². The van der Waals surface area contributed by atoms with Crippen molar-refractivity contribution in [1.82, 2.24) is 0 Å². The van der Waals surface area contributed by atoms with Crippen molar-refractivity contribution in [3.63, 3.8) is 0 Å². The van der Waals surface area contributed by atoms with E-state index < -0.39 is 52.9 Å². The average Bonchev–Trinajstić information content (AvgIpc) is 3.11. The van der Waals surface area contributed by atoms with Gasteiger partial charge in [-0.25, -0.2) is 0 Å². The number of hydrogen-bond donors (Lipinski definition) is 1. The molecule has 1 atom stereocenters. The van der Waals surface area contributed by atoms with Gasteiger partial charge in [0.15, 0.2) is 14.3 Å². The Bertz CT molecular complexity index is 1680. The second-order valence-electron chi connectivity index (χ2n) is 7.39. The minimum Gasteiger partial charge on any atom is -0.378 e. The number of fused-ring (bicyclic) bond motifs is 3. The molecule has 15 heteroatoms. The zero-order valence-electron chi connectivity index (χ0n) is 17.4. The summed E-state index contributed by atoms with van der Waals surface area (Å²) in [5.74, 6) is -7.99. The number of hydrogen-bond acceptors (Lipinski definition) is 5. The van der Waals surface area contributed by atoms with E-state index in [1.807, 2.05) is 0 Å². The van der Waals surface area contributed by atoms with Crippen LogP contribution in [0, 0.1) is 0 Å². The smallest absolute Gasteiger partial charge is 0.378 e. The minimum atomic E-state index is -7.14. The molecule has 0 bridgehead atoms. The SMILES string of the molecule is O=S(=O)(O)C(F)(F)C(F)(F)C(F)(F)S(=O)(=O)Oc1ccc2c3ccccc3[s+](-c3ccccc3)c2c1. The molecule has 4 aromatic rings. The van der Waals surface area contributed by atoms with Gasteiger partial charge in [-0.1, -0.05) is 30.3 Å². The average molecular weight is 572 g/mol. The summed E-state index contributed by atoms with van der Waals surface area (Å²) in [6, 6.07) is 18.9. The molecule has 3 aromatic carbocycles. The first-order valence-corrected chi connectivity index (χ1v) is 13.7. The number of rotatable bonds is 7. The van der Waals surface area contributed by atoms with Crippen LogP contribution in [0.25, 0.3) is 25.1 Å². The summed E-state index contributed by atoms with van der Waals surface area (Å²) in [5, 5.41) is -12.3. The fourth-order valence-electron chi connectivity index (χ4n) is 3.41. The molecule has 0 fully saturated rings. The predicted molar refractivity (Wildman–Crippen MR) is 121 cm³/mol. The molecule has 192 valence electrons. The molecule has 1 unspecified atom stereocenters. The minimum absolute atomic E-state index is 0.383. The topological polar surface area (TPSA) is 97.7 Å². The summed E-state index contributed by atoms with van der Waals surface area (Å²) in [4.78, 5) is 0.744. The maximum atomic E-state index is 14.2. The van der Waals surface area contributed by atoms with Crippen LogP contribution in [0.4, 0.5) is 26.3 Å². The van der Waals surface area contributed by atoms with Crippen molar-refractivity contribution in [1.29, 1.82) is 0 Å². The molecule has 0 aliphatic heterocycles. The van der Waals surface area contributed by atoms with Crippen molar-refractivity contribution in [2.45, 2.75) is 16.4 Å². The second kappa shape index (κ2) is 8.33. The van der Waals surface area contributed by atoms with E-state index in [-0.39, 0.29) is 0 Å². The Morgan fingerprint density at radius 2 is 1.25 bits per heavy atom. The van der Waals surface area contributed by atoms with Crippen molar-refractivity contribution < 1.29 is 51.9 Å². The van der Waals surface area contributed by atoms with Gasteiger partial charge < -0.3 is 4.18 Å². The lowest BCUT2D eigenvalue weighted by atomic mass is 10.1. The van der Waals surface area contributed by atoms with Crippen LogP contribution >= 0.6 is 10.5 Å². The third kappa shape index (κ3) is 3.81. The molecule has 0 aliphatic carbocycles. The molecule has 36 heavy (non-hydrogen) atoms. The highest BCUT2D eigenvalue weighted by atomic mass is 32.2. The van der Waals surface area contributed by atoms with Crippen molar-refractivity contribution in [2.24, 2.45) is 0 Å². The maximum absolute atomic E-state index is 14.2. The first-order chi connectivity index (χ1) is 16.5. The second-order valence-corrected chi connectivity index (χ2v) is 12.4. The van der Waals surface area contributed by atoms with E-state index in [4.69, 9.17) is 4.55 Å². The van der Waals surface area contributed by atoms with Gasteiger partial charge in [0, 0.05) is 27.3 Å². The summed E-state index contributed by atoms with van der Waals surface area (Å²) < 4.78 is 142. The molecule has 1 aromatic heterocycles. The number of thiophene rings is 1. The lowest BCUT2D eigenvalue weighted by molar-refractivity contribution is -0.247. The normalized spacial score (nSPS) is 14.4. The van der Waals surface area contributed by atoms with Gasteiger partial charge >= 0.3 is 36.7 Å². The van der Waals surface area contributed by atoms with E-state index in [0.29, 0.717) is 10.1 Å². The molecule has 0 amide bonds. The molecule has 4 rings (SSSR count). The molecule has 1 heterocycles. The zero-order chi connectivity index (χ0) is 26.7. The predicted octanol–water partition coefficient (Wildman–Crippen LogP) is 6.15. The van der Waals surface area contributed by atoms with E-state index in [1.54, 1.807) is 54.6 Å². The molecular weight excluding hydrogens is 558 g/mol. The van der Waals surface area contributed by atoms with Crippen LogP contribution < -0.4 is 4.18 Å². The van der Waals surface area contributed by atoms with Gasteiger partial charge in [-0.3, -0.25) is 4.55 Å². The molecular formula is C21H13F6O6S3+. The lowest BCUT2D eigenvalue weighted by Crippen LogP contribution is -2.61. The third-order valence-corrected chi connectivity index (χ3v) is 9.64. The lowest BCUT2D eigenvalue weighted by Gasteiger charge is -2.29. The maximum Gasteiger partial charge on any atom is 0.450 e. The van der Waals surface area contributed by atoms with Gasteiger partial charge in [-0.2, -0.15) is 43.2 Å². The molecule has 0 spiro atoms. The van der Waals surface area contributed by atoms with Crippen molar-refractivity contribution in [3.8, 4) is 10.6 Å². The molecule has 6 nitrogen and oxygen atoms in total. The van der Waals surface area contributed by atoms with Crippen LogP contribution in [0.1, 0.15) is 0 Å². The molecule has 0 saturated heterocycles. The van der Waals surface area contributed by atoms with Gasteiger partial charge in [-0.05, 0) is 36.4 Å². The number of alkyl halides is 6. The monoisotopic (exact) mass is 571 g/mol. The summed E-state index contributed by atoms with van der Waals surface area (Å²) in [5.41, 5.74) is 0. The Balaban J connectivity index is 1.85. The van der Waals surface area contributed by atoms with E-state index in [0.717, 1.165) is 27.1 Å². The summed E-state index contributed by atoms with van der Waals surface area (Å²) in [7, 11) is -14.9. The van der Waals surface area contributed by atoms with E-state index in [1.165, 1.54) is 6.07 Å². The summed E-state index contributed by atoms with van der Waals surface area (Å²) in [6.07, 6.45) is 0. The standard InChI is InChI=1S/C21H12F6O6S3/c22-19(23,20(24,25)35(28,29)30)21(26,27)36(31,32)33-13-10-11-16-15-8-4-5-9-17(15)34(18(16)12-13)14-6-2-1-3-7-14/h1-12H/p+1. The molecule has 1 N–H and O–H groups in total. The van der Waals surface area contributed by atoms with Gasteiger partial charge in [-0.15, -0.1) is 0 Å². The van der Waals surface area contributed by atoms with Crippen LogP contribution in [-0.4, -0.2) is 37.8 Å². The number of halogens is 6. The Morgan fingerprint density at radius 1 is 0.694 bits per heavy atom. The zero-order valence-corrected chi connectivity index (χ0v) is 19.9. The highest BCUT2D eigenvalue weighted by Gasteiger charge is 2.83. The summed E-state index contributed by atoms with van der Waals surface area (Å²) in [6.45, 7) is 0. The number of benzene rings is 3. The van der Waals surface area contributed by atoms with Crippen LogP contribution in [0.3, 0.4) is 0 Å².